The summed E-state index contributed by atoms with van der Waals surface area (Å²) in [6.45, 7) is 9.44. The summed E-state index contributed by atoms with van der Waals surface area (Å²) in [6.07, 6.45) is -0.381. The second-order valence-electron chi connectivity index (χ2n) is 4.74. The van der Waals surface area contributed by atoms with Gasteiger partial charge in [0.25, 0.3) is 0 Å². The molecule has 0 aliphatic rings. The molecule has 0 spiro atoms. The zero-order chi connectivity index (χ0) is 12.6. The minimum Gasteiger partial charge on any atom is -0.444 e. The van der Waals surface area contributed by atoms with Gasteiger partial charge in [-0.2, -0.15) is 0 Å². The number of methoxy groups -OCH3 is 1. The Morgan fingerprint density at radius 3 is 2.44 bits per heavy atom. The van der Waals surface area contributed by atoms with E-state index in [2.05, 4.69) is 10.6 Å². The topological polar surface area (TPSA) is 59.6 Å². The first-order chi connectivity index (χ1) is 7.35. The minimum absolute atomic E-state index is 0.283. The highest BCUT2D eigenvalue weighted by Gasteiger charge is 2.15. The fourth-order valence-corrected chi connectivity index (χ4v) is 1.11. The molecular weight excluding hydrogens is 208 g/mol. The summed E-state index contributed by atoms with van der Waals surface area (Å²) in [7, 11) is 1.66. The Balaban J connectivity index is 3.48. The largest absolute Gasteiger partial charge is 0.444 e. The van der Waals surface area contributed by atoms with Crippen LogP contribution in [0.1, 0.15) is 27.7 Å². The summed E-state index contributed by atoms with van der Waals surface area (Å²) in [6, 6.07) is 0.283. The summed E-state index contributed by atoms with van der Waals surface area (Å²) in [5, 5.41) is 5.88. The standard InChI is InChI=1S/C11H24N2O3/c1-9(8-15-5)12-6-7-13-10(14)16-11(2,3)4/h9,12H,6-8H2,1-5H3,(H,13,14)/t9-/m1/s1. The summed E-state index contributed by atoms with van der Waals surface area (Å²) < 4.78 is 10.1. The van der Waals surface area contributed by atoms with E-state index in [-0.39, 0.29) is 12.1 Å². The maximum Gasteiger partial charge on any atom is 0.407 e. The highest BCUT2D eigenvalue weighted by molar-refractivity contribution is 5.67. The lowest BCUT2D eigenvalue weighted by atomic mass is 10.2. The first-order valence-corrected chi connectivity index (χ1v) is 5.54. The fourth-order valence-electron chi connectivity index (χ4n) is 1.11. The molecule has 0 rings (SSSR count). The Bertz CT molecular complexity index is 202. The molecule has 0 aliphatic heterocycles. The van der Waals surface area contributed by atoms with E-state index in [4.69, 9.17) is 9.47 Å². The molecule has 2 N–H and O–H groups in total. The first kappa shape index (κ1) is 15.2. The van der Waals surface area contributed by atoms with Gasteiger partial charge in [-0.3, -0.25) is 0 Å². The van der Waals surface area contributed by atoms with Crippen LogP contribution in [0.4, 0.5) is 4.79 Å². The molecule has 0 unspecified atom stereocenters. The van der Waals surface area contributed by atoms with Crippen molar-refractivity contribution in [3.05, 3.63) is 0 Å². The number of hydrogen-bond acceptors (Lipinski definition) is 4. The predicted molar refractivity (Wildman–Crippen MR) is 63.6 cm³/mol. The molecule has 0 fully saturated rings. The van der Waals surface area contributed by atoms with Gasteiger partial charge >= 0.3 is 6.09 Å². The monoisotopic (exact) mass is 232 g/mol. The molecule has 0 aliphatic carbocycles. The van der Waals surface area contributed by atoms with Crippen molar-refractivity contribution in [1.29, 1.82) is 0 Å². The second kappa shape index (κ2) is 7.46. The lowest BCUT2D eigenvalue weighted by Crippen LogP contribution is -2.39. The molecule has 0 heterocycles. The van der Waals surface area contributed by atoms with Crippen LogP contribution in [-0.2, 0) is 9.47 Å². The number of hydrogen-bond donors (Lipinski definition) is 2. The van der Waals surface area contributed by atoms with Crippen molar-refractivity contribution >= 4 is 6.09 Å². The third-order valence-electron chi connectivity index (χ3n) is 1.70. The molecule has 5 nitrogen and oxygen atoms in total. The molecule has 16 heavy (non-hydrogen) atoms. The third kappa shape index (κ3) is 9.73. The van der Waals surface area contributed by atoms with Crippen molar-refractivity contribution in [2.45, 2.75) is 39.3 Å². The molecule has 0 aromatic carbocycles. The molecule has 0 saturated heterocycles. The van der Waals surface area contributed by atoms with E-state index in [1.54, 1.807) is 7.11 Å². The smallest absolute Gasteiger partial charge is 0.407 e. The molecule has 0 radical (unpaired) electrons. The maximum absolute atomic E-state index is 11.2. The second-order valence-corrected chi connectivity index (χ2v) is 4.74. The number of ether oxygens (including phenoxy) is 2. The van der Waals surface area contributed by atoms with Gasteiger partial charge < -0.3 is 20.1 Å². The van der Waals surface area contributed by atoms with Gasteiger partial charge in [-0.15, -0.1) is 0 Å². The van der Waals surface area contributed by atoms with Crippen molar-refractivity contribution in [2.75, 3.05) is 26.8 Å². The van der Waals surface area contributed by atoms with Gasteiger partial charge in [0.15, 0.2) is 0 Å². The molecule has 1 amide bonds. The molecule has 0 aromatic rings. The van der Waals surface area contributed by atoms with Crippen LogP contribution in [0.2, 0.25) is 0 Å². The Labute approximate surface area is 97.9 Å². The van der Waals surface area contributed by atoms with Gasteiger partial charge in [-0.25, -0.2) is 4.79 Å². The Morgan fingerprint density at radius 1 is 1.31 bits per heavy atom. The van der Waals surface area contributed by atoms with Crippen molar-refractivity contribution in [3.63, 3.8) is 0 Å². The molecule has 1 atom stereocenters. The fraction of sp³-hybridized carbons (Fsp3) is 0.909. The van der Waals surface area contributed by atoms with Crippen molar-refractivity contribution < 1.29 is 14.3 Å². The normalized spacial score (nSPS) is 13.3. The lowest BCUT2D eigenvalue weighted by molar-refractivity contribution is 0.0527. The Hall–Kier alpha value is -0.810. The van der Waals surface area contributed by atoms with Crippen LogP contribution in [0.25, 0.3) is 0 Å². The summed E-state index contributed by atoms with van der Waals surface area (Å²) in [5.74, 6) is 0. The van der Waals surface area contributed by atoms with Crippen LogP contribution in [0, 0.1) is 0 Å². The van der Waals surface area contributed by atoms with Gasteiger partial charge in [0.05, 0.1) is 6.61 Å². The average molecular weight is 232 g/mol. The highest BCUT2D eigenvalue weighted by atomic mass is 16.6. The van der Waals surface area contributed by atoms with Crippen molar-refractivity contribution in [2.24, 2.45) is 0 Å². The highest BCUT2D eigenvalue weighted by Crippen LogP contribution is 2.05. The van der Waals surface area contributed by atoms with Crippen LogP contribution in [0.3, 0.4) is 0 Å². The van der Waals surface area contributed by atoms with E-state index >= 15 is 0 Å². The zero-order valence-electron chi connectivity index (χ0n) is 10.9. The number of carbonyl (C=O) groups excluding carboxylic acids is 1. The van der Waals surface area contributed by atoms with Gasteiger partial charge in [-0.1, -0.05) is 0 Å². The quantitative estimate of drug-likeness (QED) is 0.674. The van der Waals surface area contributed by atoms with Crippen molar-refractivity contribution in [3.8, 4) is 0 Å². The average Bonchev–Trinajstić information content (AvgIpc) is 2.10. The molecule has 0 saturated carbocycles. The molecule has 0 aromatic heterocycles. The number of amides is 1. The number of rotatable bonds is 6. The summed E-state index contributed by atoms with van der Waals surface area (Å²) in [4.78, 5) is 11.2. The van der Waals surface area contributed by atoms with E-state index in [1.165, 1.54) is 0 Å². The van der Waals surface area contributed by atoms with Crippen LogP contribution >= 0.6 is 0 Å². The van der Waals surface area contributed by atoms with E-state index in [0.29, 0.717) is 19.7 Å². The first-order valence-electron chi connectivity index (χ1n) is 5.54. The molecule has 96 valence electrons. The maximum atomic E-state index is 11.2. The van der Waals surface area contributed by atoms with E-state index < -0.39 is 5.60 Å². The van der Waals surface area contributed by atoms with Gasteiger partial charge in [-0.05, 0) is 27.7 Å². The van der Waals surface area contributed by atoms with Crippen LogP contribution in [0.15, 0.2) is 0 Å². The molecule has 0 bridgehead atoms. The van der Waals surface area contributed by atoms with Crippen LogP contribution in [0.5, 0.6) is 0 Å². The number of alkyl carbamates (subject to hydrolysis) is 1. The summed E-state index contributed by atoms with van der Waals surface area (Å²) in [5.41, 5.74) is -0.444. The molecule has 5 heteroatoms. The number of nitrogens with one attached hydrogen (secondary N) is 2. The van der Waals surface area contributed by atoms with Gasteiger partial charge in [0, 0.05) is 26.2 Å². The van der Waals surface area contributed by atoms with Crippen molar-refractivity contribution in [1.82, 2.24) is 10.6 Å². The van der Waals surface area contributed by atoms with E-state index in [1.807, 2.05) is 27.7 Å². The Morgan fingerprint density at radius 2 is 1.94 bits per heavy atom. The predicted octanol–water partition coefficient (Wildman–Crippen LogP) is 1.14. The molecular formula is C11H24N2O3. The number of carbonyl (C=O) groups is 1. The van der Waals surface area contributed by atoms with Gasteiger partial charge in [0.2, 0.25) is 0 Å². The third-order valence-corrected chi connectivity index (χ3v) is 1.70. The van der Waals surface area contributed by atoms with Gasteiger partial charge in [0.1, 0.15) is 5.60 Å². The summed E-state index contributed by atoms with van der Waals surface area (Å²) >= 11 is 0. The van der Waals surface area contributed by atoms with Crippen LogP contribution < -0.4 is 10.6 Å². The Kier molecular flexibility index (Phi) is 7.08. The lowest BCUT2D eigenvalue weighted by Gasteiger charge is -2.20. The zero-order valence-corrected chi connectivity index (χ0v) is 10.9. The minimum atomic E-state index is -0.444. The van der Waals surface area contributed by atoms with Crippen LogP contribution in [-0.4, -0.2) is 44.5 Å². The SMILES string of the molecule is COC[C@@H](C)NCCNC(=O)OC(C)(C)C. The van der Waals surface area contributed by atoms with E-state index in [0.717, 1.165) is 0 Å². The van der Waals surface area contributed by atoms with E-state index in [9.17, 15) is 4.79 Å².